The molecule has 0 saturated heterocycles. The van der Waals surface area contributed by atoms with E-state index in [0.29, 0.717) is 22.6 Å². The molecule has 0 N–H and O–H groups in total. The maximum absolute atomic E-state index is 14.1. The van der Waals surface area contributed by atoms with E-state index in [2.05, 4.69) is 15.1 Å². The number of nitrogens with zero attached hydrogens (tertiary/aromatic N) is 5. The Balaban J connectivity index is 1.74. The minimum absolute atomic E-state index is 0.218. The van der Waals surface area contributed by atoms with Crippen LogP contribution in [0.1, 0.15) is 44.5 Å². The third-order valence-corrected chi connectivity index (χ3v) is 6.32. The zero-order chi connectivity index (χ0) is 22.5. The normalized spacial score (nSPS) is 16.9. The molecule has 1 saturated carbocycles. The molecule has 3 aromatic heterocycles. The van der Waals surface area contributed by atoms with Crippen molar-refractivity contribution in [1.82, 2.24) is 24.1 Å². The van der Waals surface area contributed by atoms with Crippen LogP contribution in [0.25, 0.3) is 28.1 Å². The second-order valence-corrected chi connectivity index (χ2v) is 8.25. The molecule has 5 rings (SSSR count). The molecule has 1 aliphatic carbocycles. The molecule has 168 valence electrons. The standard InChI is InChI=1S/C22H24FN5O4/c1-13(11-30-2)28-16-10-14(23)6-7-15(16)27-12-24-17(18(27)20(28)29)19-25-21(32-26-19)22(31-3)8-4-5-9-22/h6-7,10,12-13H,4-5,8-9,11H2,1-3H3. The third-order valence-electron chi connectivity index (χ3n) is 6.32. The van der Waals surface area contributed by atoms with Crippen LogP contribution < -0.4 is 5.56 Å². The van der Waals surface area contributed by atoms with Crippen LogP contribution in [0.3, 0.4) is 0 Å². The molecule has 1 atom stereocenters. The van der Waals surface area contributed by atoms with Crippen LogP contribution in [0.2, 0.25) is 0 Å². The minimum Gasteiger partial charge on any atom is -0.383 e. The number of rotatable bonds is 6. The zero-order valence-corrected chi connectivity index (χ0v) is 18.2. The van der Waals surface area contributed by atoms with Crippen LogP contribution in [0.15, 0.2) is 33.8 Å². The number of ether oxygens (including phenoxy) is 2. The van der Waals surface area contributed by atoms with Crippen molar-refractivity contribution in [1.29, 1.82) is 0 Å². The van der Waals surface area contributed by atoms with Gasteiger partial charge >= 0.3 is 0 Å². The lowest BCUT2D eigenvalue weighted by molar-refractivity contribution is -0.0342. The van der Waals surface area contributed by atoms with Crippen molar-refractivity contribution in [3.05, 3.63) is 46.6 Å². The molecule has 3 heterocycles. The third kappa shape index (κ3) is 3.05. The highest BCUT2D eigenvalue weighted by Gasteiger charge is 2.41. The molecular weight excluding hydrogens is 417 g/mol. The topological polar surface area (TPSA) is 96.7 Å². The highest BCUT2D eigenvalue weighted by atomic mass is 19.1. The van der Waals surface area contributed by atoms with Gasteiger partial charge in [-0.05, 0) is 50.8 Å². The first-order valence-electron chi connectivity index (χ1n) is 10.6. The Labute approximate surface area is 182 Å². The summed E-state index contributed by atoms with van der Waals surface area (Å²) in [6.07, 6.45) is 5.15. The van der Waals surface area contributed by atoms with Gasteiger partial charge in [-0.15, -0.1) is 0 Å². The smallest absolute Gasteiger partial charge is 0.278 e. The molecule has 1 unspecified atom stereocenters. The molecule has 0 bridgehead atoms. The number of fused-ring (bicyclic) bond motifs is 3. The number of imidazole rings is 1. The summed E-state index contributed by atoms with van der Waals surface area (Å²) in [6, 6.07) is 3.99. The summed E-state index contributed by atoms with van der Waals surface area (Å²) in [5, 5.41) is 4.12. The summed E-state index contributed by atoms with van der Waals surface area (Å²) in [5.41, 5.74) is 0.743. The predicted octanol–water partition coefficient (Wildman–Crippen LogP) is 3.46. The van der Waals surface area contributed by atoms with Crippen LogP contribution in [0.4, 0.5) is 4.39 Å². The molecule has 0 amide bonds. The summed E-state index contributed by atoms with van der Waals surface area (Å²) in [7, 11) is 3.20. The van der Waals surface area contributed by atoms with Gasteiger partial charge in [0.2, 0.25) is 5.82 Å². The fourth-order valence-corrected chi connectivity index (χ4v) is 4.73. The van der Waals surface area contributed by atoms with Crippen molar-refractivity contribution in [2.75, 3.05) is 20.8 Å². The second kappa shape index (κ2) is 7.79. The maximum atomic E-state index is 14.1. The molecule has 1 aliphatic rings. The van der Waals surface area contributed by atoms with E-state index >= 15 is 0 Å². The lowest BCUT2D eigenvalue weighted by Gasteiger charge is -2.22. The molecule has 10 heteroatoms. The van der Waals surface area contributed by atoms with Gasteiger partial charge < -0.3 is 14.0 Å². The van der Waals surface area contributed by atoms with Gasteiger partial charge in [-0.25, -0.2) is 9.37 Å². The Bertz CT molecular complexity index is 1350. The van der Waals surface area contributed by atoms with Crippen molar-refractivity contribution in [2.45, 2.75) is 44.2 Å². The van der Waals surface area contributed by atoms with Gasteiger partial charge in [0.05, 0.1) is 23.7 Å². The number of halogens is 1. The molecule has 0 radical (unpaired) electrons. The molecule has 4 aromatic rings. The second-order valence-electron chi connectivity index (χ2n) is 8.25. The maximum Gasteiger partial charge on any atom is 0.278 e. The zero-order valence-electron chi connectivity index (χ0n) is 18.2. The van der Waals surface area contributed by atoms with Crippen molar-refractivity contribution >= 4 is 16.6 Å². The molecule has 1 fully saturated rings. The minimum atomic E-state index is -0.599. The Morgan fingerprint density at radius 3 is 2.75 bits per heavy atom. The van der Waals surface area contributed by atoms with Gasteiger partial charge in [0.1, 0.15) is 29.0 Å². The predicted molar refractivity (Wildman–Crippen MR) is 114 cm³/mol. The first-order valence-corrected chi connectivity index (χ1v) is 10.6. The van der Waals surface area contributed by atoms with E-state index in [0.717, 1.165) is 25.7 Å². The van der Waals surface area contributed by atoms with E-state index in [9.17, 15) is 9.18 Å². The van der Waals surface area contributed by atoms with Crippen LogP contribution in [-0.4, -0.2) is 44.9 Å². The van der Waals surface area contributed by atoms with Gasteiger partial charge in [-0.2, -0.15) is 4.98 Å². The van der Waals surface area contributed by atoms with Crippen LogP contribution in [0, 0.1) is 5.82 Å². The van der Waals surface area contributed by atoms with Crippen molar-refractivity contribution in [3.63, 3.8) is 0 Å². The molecular formula is C22H24FN5O4. The van der Waals surface area contributed by atoms with Crippen molar-refractivity contribution in [3.8, 4) is 11.5 Å². The van der Waals surface area contributed by atoms with Gasteiger partial charge in [-0.1, -0.05) is 5.16 Å². The summed E-state index contributed by atoms with van der Waals surface area (Å²) in [6.45, 7) is 2.13. The molecule has 1 aromatic carbocycles. The summed E-state index contributed by atoms with van der Waals surface area (Å²) >= 11 is 0. The van der Waals surface area contributed by atoms with E-state index in [4.69, 9.17) is 14.0 Å². The summed E-state index contributed by atoms with van der Waals surface area (Å²) < 4.78 is 33.8. The summed E-state index contributed by atoms with van der Waals surface area (Å²) in [4.78, 5) is 22.6. The van der Waals surface area contributed by atoms with E-state index in [1.54, 1.807) is 24.7 Å². The van der Waals surface area contributed by atoms with E-state index in [-0.39, 0.29) is 29.5 Å². The largest absolute Gasteiger partial charge is 0.383 e. The van der Waals surface area contributed by atoms with Gasteiger partial charge in [0.25, 0.3) is 11.4 Å². The van der Waals surface area contributed by atoms with Gasteiger partial charge in [0, 0.05) is 14.2 Å². The number of benzene rings is 1. The highest BCUT2D eigenvalue weighted by Crippen LogP contribution is 2.41. The number of hydrogen-bond acceptors (Lipinski definition) is 7. The summed E-state index contributed by atoms with van der Waals surface area (Å²) in [5.74, 6) is 0.180. The average Bonchev–Trinajstić information content (AvgIpc) is 3.52. The van der Waals surface area contributed by atoms with Crippen molar-refractivity contribution < 1.29 is 18.4 Å². The number of methoxy groups -OCH3 is 2. The average molecular weight is 441 g/mol. The monoisotopic (exact) mass is 441 g/mol. The Morgan fingerprint density at radius 2 is 2.03 bits per heavy atom. The molecule has 9 nitrogen and oxygen atoms in total. The Morgan fingerprint density at radius 1 is 1.25 bits per heavy atom. The van der Waals surface area contributed by atoms with Gasteiger partial charge in [-0.3, -0.25) is 13.8 Å². The molecule has 0 spiro atoms. The lowest BCUT2D eigenvalue weighted by Crippen LogP contribution is -2.28. The Hall–Kier alpha value is -3.11. The number of hydrogen-bond donors (Lipinski definition) is 0. The number of aromatic nitrogens is 5. The van der Waals surface area contributed by atoms with Crippen LogP contribution in [0.5, 0.6) is 0 Å². The van der Waals surface area contributed by atoms with E-state index in [1.807, 2.05) is 6.92 Å². The first-order chi connectivity index (χ1) is 15.5. The highest BCUT2D eigenvalue weighted by molar-refractivity contribution is 5.83. The van der Waals surface area contributed by atoms with Crippen molar-refractivity contribution in [2.24, 2.45) is 0 Å². The molecule has 0 aliphatic heterocycles. The quantitative estimate of drug-likeness (QED) is 0.452. The Kier molecular flexibility index (Phi) is 5.06. The SMILES string of the molecule is COCC(C)n1c(=O)c2c(-c3noc(C4(OC)CCCC4)n3)ncn2c2ccc(F)cc21. The van der Waals surface area contributed by atoms with Crippen LogP contribution >= 0.6 is 0 Å². The molecule has 32 heavy (non-hydrogen) atoms. The lowest BCUT2D eigenvalue weighted by atomic mass is 10.0. The fraction of sp³-hybridized carbons (Fsp3) is 0.455. The van der Waals surface area contributed by atoms with Crippen LogP contribution in [-0.2, 0) is 15.1 Å². The van der Waals surface area contributed by atoms with Gasteiger partial charge in [0.15, 0.2) is 0 Å². The fourth-order valence-electron chi connectivity index (χ4n) is 4.73. The van der Waals surface area contributed by atoms with E-state index in [1.165, 1.54) is 23.0 Å². The first kappa shape index (κ1) is 20.8. The van der Waals surface area contributed by atoms with E-state index < -0.39 is 11.4 Å².